The minimum atomic E-state index is -0.0489. The third-order valence-corrected chi connectivity index (χ3v) is 3.00. The number of carbonyl (C=O) groups is 1. The summed E-state index contributed by atoms with van der Waals surface area (Å²) in [4.78, 5) is 12.1. The normalized spacial score (nSPS) is 12.4. The van der Waals surface area contributed by atoms with Gasteiger partial charge >= 0.3 is 0 Å². The van der Waals surface area contributed by atoms with Crippen molar-refractivity contribution in [2.75, 3.05) is 13.2 Å². The van der Waals surface area contributed by atoms with E-state index in [-0.39, 0.29) is 17.9 Å². The Labute approximate surface area is 116 Å². The minimum Gasteiger partial charge on any atom is -0.379 e. The van der Waals surface area contributed by atoms with Crippen molar-refractivity contribution in [1.29, 1.82) is 0 Å². The number of ether oxygens (including phenoxy) is 1. The first-order valence-corrected chi connectivity index (χ1v) is 7.09. The number of amides is 1. The van der Waals surface area contributed by atoms with Crippen molar-refractivity contribution in [1.82, 2.24) is 5.32 Å². The molecule has 3 nitrogen and oxygen atoms in total. The topological polar surface area (TPSA) is 38.3 Å². The Morgan fingerprint density at radius 3 is 2.53 bits per heavy atom. The summed E-state index contributed by atoms with van der Waals surface area (Å²) in [7, 11) is 0. The molecule has 106 valence electrons. The Morgan fingerprint density at radius 2 is 1.95 bits per heavy atom. The van der Waals surface area contributed by atoms with E-state index in [1.165, 1.54) is 0 Å². The summed E-state index contributed by atoms with van der Waals surface area (Å²) in [6, 6.07) is 9.94. The Balaban J connectivity index is 2.35. The zero-order valence-corrected chi connectivity index (χ0v) is 12.2. The molecule has 0 bridgehead atoms. The molecule has 0 aliphatic heterocycles. The summed E-state index contributed by atoms with van der Waals surface area (Å²) in [6.45, 7) is 7.44. The first-order valence-electron chi connectivity index (χ1n) is 7.09. The lowest BCUT2D eigenvalue weighted by molar-refractivity contribution is -0.122. The van der Waals surface area contributed by atoms with Crippen LogP contribution in [0, 0.1) is 0 Å². The van der Waals surface area contributed by atoms with E-state index in [0.29, 0.717) is 13.2 Å². The number of benzene rings is 1. The molecular weight excluding hydrogens is 238 g/mol. The molecule has 0 heterocycles. The summed E-state index contributed by atoms with van der Waals surface area (Å²) in [5, 5.41) is 2.99. The molecule has 0 spiro atoms. The van der Waals surface area contributed by atoms with Crippen LogP contribution in [0.4, 0.5) is 0 Å². The van der Waals surface area contributed by atoms with Gasteiger partial charge in [0.15, 0.2) is 0 Å². The van der Waals surface area contributed by atoms with Crippen molar-refractivity contribution in [3.63, 3.8) is 0 Å². The van der Waals surface area contributed by atoms with E-state index in [4.69, 9.17) is 4.74 Å². The third kappa shape index (κ3) is 5.88. The molecular formula is C16H25NO2. The van der Waals surface area contributed by atoms with Gasteiger partial charge in [-0.2, -0.15) is 0 Å². The molecule has 0 aromatic heterocycles. The number of carbonyl (C=O) groups excluding carboxylic acids is 1. The van der Waals surface area contributed by atoms with Gasteiger partial charge in [-0.1, -0.05) is 37.3 Å². The minimum absolute atomic E-state index is 0.0489. The fourth-order valence-corrected chi connectivity index (χ4v) is 1.98. The van der Waals surface area contributed by atoms with Gasteiger partial charge in [-0.05, 0) is 32.3 Å². The van der Waals surface area contributed by atoms with E-state index >= 15 is 0 Å². The van der Waals surface area contributed by atoms with Gasteiger partial charge in [-0.15, -0.1) is 0 Å². The van der Waals surface area contributed by atoms with Crippen LogP contribution in [0.25, 0.3) is 0 Å². The first-order chi connectivity index (χ1) is 9.15. The van der Waals surface area contributed by atoms with Gasteiger partial charge in [0.05, 0.1) is 12.0 Å². The summed E-state index contributed by atoms with van der Waals surface area (Å²) in [5.41, 5.74) is 1.08. The predicted octanol–water partition coefficient (Wildman–Crippen LogP) is 3.11. The highest BCUT2D eigenvalue weighted by Crippen LogP contribution is 2.18. The second-order valence-corrected chi connectivity index (χ2v) is 4.94. The van der Waals surface area contributed by atoms with Gasteiger partial charge in [0.1, 0.15) is 0 Å². The molecule has 1 amide bonds. The molecule has 0 fully saturated rings. The summed E-state index contributed by atoms with van der Waals surface area (Å²) >= 11 is 0. The van der Waals surface area contributed by atoms with Crippen LogP contribution in [0.3, 0.4) is 0 Å². The average molecular weight is 263 g/mol. The van der Waals surface area contributed by atoms with Crippen LogP contribution in [-0.4, -0.2) is 25.2 Å². The van der Waals surface area contributed by atoms with Crippen LogP contribution < -0.4 is 5.32 Å². The van der Waals surface area contributed by atoms with Crippen LogP contribution >= 0.6 is 0 Å². The van der Waals surface area contributed by atoms with Gasteiger partial charge in [0.25, 0.3) is 0 Å². The molecule has 0 saturated heterocycles. The molecule has 0 saturated carbocycles. The average Bonchev–Trinajstić information content (AvgIpc) is 2.40. The third-order valence-electron chi connectivity index (χ3n) is 3.00. The highest BCUT2D eigenvalue weighted by molar-refractivity contribution is 5.83. The van der Waals surface area contributed by atoms with Crippen LogP contribution in [0.2, 0.25) is 0 Å². The van der Waals surface area contributed by atoms with E-state index < -0.39 is 0 Å². The lowest BCUT2D eigenvalue weighted by Crippen LogP contribution is -2.30. The number of rotatable bonds is 8. The van der Waals surface area contributed by atoms with Crippen LogP contribution in [0.15, 0.2) is 30.3 Å². The molecule has 0 radical (unpaired) electrons. The number of nitrogens with one attached hydrogen (secondary N) is 1. The molecule has 0 aliphatic carbocycles. The molecule has 3 heteroatoms. The highest BCUT2D eigenvalue weighted by Gasteiger charge is 2.17. The van der Waals surface area contributed by atoms with E-state index in [2.05, 4.69) is 5.32 Å². The van der Waals surface area contributed by atoms with Crippen LogP contribution in [0.1, 0.15) is 45.1 Å². The Kier molecular flexibility index (Phi) is 7.19. The summed E-state index contributed by atoms with van der Waals surface area (Å²) in [5.74, 6) is 0.0606. The maximum Gasteiger partial charge on any atom is 0.227 e. The van der Waals surface area contributed by atoms with Crippen molar-refractivity contribution < 1.29 is 9.53 Å². The monoisotopic (exact) mass is 263 g/mol. The molecule has 1 unspecified atom stereocenters. The number of hydrogen-bond acceptors (Lipinski definition) is 2. The largest absolute Gasteiger partial charge is 0.379 e. The predicted molar refractivity (Wildman–Crippen MR) is 78.2 cm³/mol. The van der Waals surface area contributed by atoms with Crippen molar-refractivity contribution in [3.05, 3.63) is 35.9 Å². The fraction of sp³-hybridized carbons (Fsp3) is 0.562. The Bertz CT molecular complexity index is 362. The smallest absolute Gasteiger partial charge is 0.227 e. The molecule has 1 rings (SSSR count). The fourth-order valence-electron chi connectivity index (χ4n) is 1.98. The second-order valence-electron chi connectivity index (χ2n) is 4.94. The van der Waals surface area contributed by atoms with Gasteiger partial charge in [-0.3, -0.25) is 4.79 Å². The quantitative estimate of drug-likeness (QED) is 0.732. The van der Waals surface area contributed by atoms with Crippen molar-refractivity contribution in [2.24, 2.45) is 0 Å². The maximum absolute atomic E-state index is 12.1. The van der Waals surface area contributed by atoms with E-state index in [0.717, 1.165) is 18.4 Å². The van der Waals surface area contributed by atoms with Crippen molar-refractivity contribution in [2.45, 2.75) is 45.6 Å². The van der Waals surface area contributed by atoms with Gasteiger partial charge in [0, 0.05) is 13.2 Å². The molecule has 1 aromatic carbocycles. The highest BCUT2D eigenvalue weighted by atomic mass is 16.5. The molecule has 0 aliphatic rings. The molecule has 19 heavy (non-hydrogen) atoms. The Morgan fingerprint density at radius 1 is 1.26 bits per heavy atom. The number of hydrogen-bond donors (Lipinski definition) is 1. The van der Waals surface area contributed by atoms with Gasteiger partial charge < -0.3 is 10.1 Å². The lowest BCUT2D eigenvalue weighted by atomic mass is 9.96. The Hall–Kier alpha value is -1.35. The second kappa shape index (κ2) is 8.70. The van der Waals surface area contributed by atoms with Crippen molar-refractivity contribution >= 4 is 5.91 Å². The van der Waals surface area contributed by atoms with E-state index in [9.17, 15) is 4.79 Å². The first kappa shape index (κ1) is 15.7. The zero-order chi connectivity index (χ0) is 14.1. The van der Waals surface area contributed by atoms with E-state index in [1.807, 2.05) is 51.1 Å². The maximum atomic E-state index is 12.1. The van der Waals surface area contributed by atoms with E-state index in [1.54, 1.807) is 0 Å². The van der Waals surface area contributed by atoms with Crippen LogP contribution in [0.5, 0.6) is 0 Å². The summed E-state index contributed by atoms with van der Waals surface area (Å²) in [6.07, 6.45) is 1.93. The molecule has 1 aromatic rings. The van der Waals surface area contributed by atoms with Gasteiger partial charge in [0.2, 0.25) is 5.91 Å². The summed E-state index contributed by atoms with van der Waals surface area (Å²) < 4.78 is 5.44. The SMILES string of the molecule is CCC(C(=O)NCCCOC(C)C)c1ccccc1. The molecule has 1 N–H and O–H groups in total. The zero-order valence-electron chi connectivity index (χ0n) is 12.2. The van der Waals surface area contributed by atoms with Crippen LogP contribution in [-0.2, 0) is 9.53 Å². The van der Waals surface area contributed by atoms with Gasteiger partial charge in [-0.25, -0.2) is 0 Å². The molecule has 1 atom stereocenters. The lowest BCUT2D eigenvalue weighted by Gasteiger charge is -2.15. The standard InChI is InChI=1S/C16H25NO2/c1-4-15(14-9-6-5-7-10-14)16(18)17-11-8-12-19-13(2)3/h5-7,9-10,13,15H,4,8,11-12H2,1-3H3,(H,17,18). The van der Waals surface area contributed by atoms with Crippen molar-refractivity contribution in [3.8, 4) is 0 Å².